The number of aldehydes is 1. The van der Waals surface area contributed by atoms with Crippen molar-refractivity contribution >= 4 is 12.2 Å². The van der Waals surface area contributed by atoms with Crippen LogP contribution < -0.4 is 5.73 Å². The van der Waals surface area contributed by atoms with Crippen LogP contribution in [-0.4, -0.2) is 23.9 Å². The van der Waals surface area contributed by atoms with Crippen molar-refractivity contribution in [3.63, 3.8) is 0 Å². The van der Waals surface area contributed by atoms with E-state index in [9.17, 15) is 9.59 Å². The van der Waals surface area contributed by atoms with Gasteiger partial charge in [-0.15, -0.1) is 0 Å². The SMILES string of the molecule is COCn1c(C)c(C=O)c(C)c1C(N)=O. The molecule has 5 nitrogen and oxygen atoms in total. The van der Waals surface area contributed by atoms with Crippen molar-refractivity contribution in [3.05, 3.63) is 22.5 Å². The van der Waals surface area contributed by atoms with Crippen molar-refractivity contribution in [1.29, 1.82) is 0 Å². The molecule has 1 amide bonds. The third kappa shape index (κ3) is 1.78. The molecule has 1 aromatic rings. The highest BCUT2D eigenvalue weighted by molar-refractivity contribution is 5.96. The van der Waals surface area contributed by atoms with Gasteiger partial charge >= 0.3 is 0 Å². The first-order valence-corrected chi connectivity index (χ1v) is 4.48. The molecule has 2 N–H and O–H groups in total. The van der Waals surface area contributed by atoms with Gasteiger partial charge in [-0.05, 0) is 19.4 Å². The summed E-state index contributed by atoms with van der Waals surface area (Å²) in [6.45, 7) is 3.66. The van der Waals surface area contributed by atoms with Gasteiger partial charge in [0.2, 0.25) is 0 Å². The van der Waals surface area contributed by atoms with Crippen LogP contribution in [0.3, 0.4) is 0 Å². The Morgan fingerprint density at radius 3 is 2.53 bits per heavy atom. The summed E-state index contributed by atoms with van der Waals surface area (Å²) in [4.78, 5) is 22.1. The Hall–Kier alpha value is -1.62. The van der Waals surface area contributed by atoms with Crippen LogP contribution in [0.5, 0.6) is 0 Å². The molecule has 1 aromatic heterocycles. The number of hydrogen-bond acceptors (Lipinski definition) is 3. The lowest BCUT2D eigenvalue weighted by molar-refractivity contribution is 0.0952. The molecule has 5 heteroatoms. The number of amides is 1. The van der Waals surface area contributed by atoms with Crippen molar-refractivity contribution in [3.8, 4) is 0 Å². The molecular formula is C10H14N2O3. The second kappa shape index (κ2) is 4.27. The molecule has 0 unspecified atom stereocenters. The van der Waals surface area contributed by atoms with E-state index < -0.39 is 5.91 Å². The molecule has 0 spiro atoms. The van der Waals surface area contributed by atoms with Gasteiger partial charge in [0, 0.05) is 18.4 Å². The van der Waals surface area contributed by atoms with Gasteiger partial charge in [-0.3, -0.25) is 9.59 Å². The average molecular weight is 210 g/mol. The van der Waals surface area contributed by atoms with E-state index in [1.54, 1.807) is 18.4 Å². The molecule has 1 heterocycles. The number of carbonyl (C=O) groups excluding carboxylic acids is 2. The van der Waals surface area contributed by atoms with E-state index in [4.69, 9.17) is 10.5 Å². The molecule has 0 radical (unpaired) electrons. The van der Waals surface area contributed by atoms with Crippen LogP contribution in [0.1, 0.15) is 32.1 Å². The first-order valence-electron chi connectivity index (χ1n) is 4.48. The quantitative estimate of drug-likeness (QED) is 0.740. The molecule has 0 fully saturated rings. The zero-order valence-electron chi connectivity index (χ0n) is 9.03. The van der Waals surface area contributed by atoms with Crippen LogP contribution in [0.2, 0.25) is 0 Å². The molecular weight excluding hydrogens is 196 g/mol. The van der Waals surface area contributed by atoms with Crippen LogP contribution in [0.4, 0.5) is 0 Å². The van der Waals surface area contributed by atoms with E-state index in [1.807, 2.05) is 0 Å². The predicted octanol–water partition coefficient (Wildman–Crippen LogP) is 0.620. The summed E-state index contributed by atoms with van der Waals surface area (Å²) in [5.41, 5.74) is 7.38. The van der Waals surface area contributed by atoms with Crippen molar-refractivity contribution in [2.24, 2.45) is 5.73 Å². The monoisotopic (exact) mass is 210 g/mol. The minimum absolute atomic E-state index is 0.207. The number of rotatable bonds is 4. The number of carbonyl (C=O) groups is 2. The lowest BCUT2D eigenvalue weighted by atomic mass is 10.1. The Labute approximate surface area is 87.8 Å². The van der Waals surface area contributed by atoms with Gasteiger partial charge in [-0.1, -0.05) is 0 Å². The van der Waals surface area contributed by atoms with E-state index in [2.05, 4.69) is 0 Å². The smallest absolute Gasteiger partial charge is 0.265 e. The van der Waals surface area contributed by atoms with Crippen LogP contribution in [-0.2, 0) is 11.5 Å². The number of primary amides is 1. The molecule has 0 aliphatic rings. The van der Waals surface area contributed by atoms with Gasteiger partial charge in [-0.2, -0.15) is 0 Å². The third-order valence-electron chi connectivity index (χ3n) is 2.43. The number of ether oxygens (including phenoxy) is 1. The summed E-state index contributed by atoms with van der Waals surface area (Å²) in [6.07, 6.45) is 0.725. The van der Waals surface area contributed by atoms with Gasteiger partial charge in [0.15, 0.2) is 6.29 Å². The highest BCUT2D eigenvalue weighted by Crippen LogP contribution is 2.20. The highest BCUT2D eigenvalue weighted by Gasteiger charge is 2.20. The summed E-state index contributed by atoms with van der Waals surface area (Å²) in [6, 6.07) is 0. The van der Waals surface area contributed by atoms with Crippen molar-refractivity contribution < 1.29 is 14.3 Å². The number of nitrogens with zero attached hydrogens (tertiary/aromatic N) is 1. The molecule has 0 saturated carbocycles. The number of nitrogens with two attached hydrogens (primary N) is 1. The average Bonchev–Trinajstić information content (AvgIpc) is 2.39. The molecule has 0 aliphatic carbocycles. The molecule has 0 bridgehead atoms. The van der Waals surface area contributed by atoms with Crippen molar-refractivity contribution in [2.45, 2.75) is 20.6 Å². The highest BCUT2D eigenvalue weighted by atomic mass is 16.5. The van der Waals surface area contributed by atoms with Gasteiger partial charge in [0.1, 0.15) is 12.4 Å². The van der Waals surface area contributed by atoms with E-state index in [0.717, 1.165) is 6.29 Å². The standard InChI is InChI=1S/C10H14N2O3/c1-6-8(4-13)7(2)12(5-15-3)9(6)10(11)14/h4H,5H2,1-3H3,(H2,11,14). The summed E-state index contributed by atoms with van der Waals surface area (Å²) in [5, 5.41) is 0. The zero-order chi connectivity index (χ0) is 11.6. The van der Waals surface area contributed by atoms with Gasteiger partial charge < -0.3 is 15.0 Å². The lowest BCUT2D eigenvalue weighted by Crippen LogP contribution is -2.19. The normalized spacial score (nSPS) is 10.3. The summed E-state index contributed by atoms with van der Waals surface area (Å²) in [5.74, 6) is -0.555. The van der Waals surface area contributed by atoms with Gasteiger partial charge in [-0.25, -0.2) is 0 Å². The first-order chi connectivity index (χ1) is 7.04. The molecule has 0 aromatic carbocycles. The minimum Gasteiger partial charge on any atom is -0.364 e. The molecule has 15 heavy (non-hydrogen) atoms. The van der Waals surface area contributed by atoms with Crippen molar-refractivity contribution in [1.82, 2.24) is 4.57 Å². The van der Waals surface area contributed by atoms with Crippen LogP contribution in [0.15, 0.2) is 0 Å². The molecule has 0 aliphatic heterocycles. The minimum atomic E-state index is -0.555. The second-order valence-corrected chi connectivity index (χ2v) is 3.30. The van der Waals surface area contributed by atoms with Gasteiger partial charge in [0.25, 0.3) is 5.91 Å². The third-order valence-corrected chi connectivity index (χ3v) is 2.43. The van der Waals surface area contributed by atoms with Crippen LogP contribution >= 0.6 is 0 Å². The largest absolute Gasteiger partial charge is 0.364 e. The fourth-order valence-electron chi connectivity index (χ4n) is 1.70. The number of methoxy groups -OCH3 is 1. The van der Waals surface area contributed by atoms with Gasteiger partial charge in [0.05, 0.1) is 0 Å². The van der Waals surface area contributed by atoms with E-state index in [0.29, 0.717) is 22.5 Å². The summed E-state index contributed by atoms with van der Waals surface area (Å²) >= 11 is 0. The molecule has 1 rings (SSSR count). The van der Waals surface area contributed by atoms with Crippen LogP contribution in [0.25, 0.3) is 0 Å². The first kappa shape index (κ1) is 11.5. The molecule has 0 saturated heterocycles. The Morgan fingerprint density at radius 1 is 1.53 bits per heavy atom. The van der Waals surface area contributed by atoms with Crippen LogP contribution in [0, 0.1) is 13.8 Å². The Balaban J connectivity index is 3.46. The fraction of sp³-hybridized carbons (Fsp3) is 0.400. The topological polar surface area (TPSA) is 74.3 Å². The maximum absolute atomic E-state index is 11.2. The fourth-order valence-corrected chi connectivity index (χ4v) is 1.70. The number of aromatic nitrogens is 1. The zero-order valence-corrected chi connectivity index (χ0v) is 9.03. The molecule has 0 atom stereocenters. The van der Waals surface area contributed by atoms with E-state index in [1.165, 1.54) is 7.11 Å². The Bertz CT molecular complexity index is 407. The lowest BCUT2D eigenvalue weighted by Gasteiger charge is -2.07. The molecule has 82 valence electrons. The van der Waals surface area contributed by atoms with Crippen molar-refractivity contribution in [2.75, 3.05) is 7.11 Å². The van der Waals surface area contributed by atoms with E-state index in [-0.39, 0.29) is 6.73 Å². The summed E-state index contributed by atoms with van der Waals surface area (Å²) in [7, 11) is 1.51. The van der Waals surface area contributed by atoms with E-state index >= 15 is 0 Å². The maximum atomic E-state index is 11.2. The maximum Gasteiger partial charge on any atom is 0.265 e. The second-order valence-electron chi connectivity index (χ2n) is 3.30. The number of hydrogen-bond donors (Lipinski definition) is 1. The Kier molecular flexibility index (Phi) is 3.26. The summed E-state index contributed by atoms with van der Waals surface area (Å²) < 4.78 is 6.55. The Morgan fingerprint density at radius 2 is 2.13 bits per heavy atom. The predicted molar refractivity (Wildman–Crippen MR) is 54.8 cm³/mol.